The van der Waals surface area contributed by atoms with E-state index in [2.05, 4.69) is 19.6 Å². The number of nitrogens with zero attached hydrogens (tertiary/aromatic N) is 4. The number of allylic oxidation sites excluding steroid dienone is 1. The highest BCUT2D eigenvalue weighted by Gasteiger charge is 2.22. The number of fused-ring (bicyclic) bond motifs is 4. The molecule has 5 rings (SSSR count). The average molecular weight is 423 g/mol. The third-order valence-electron chi connectivity index (χ3n) is 5.43. The molecule has 148 valence electrons. The summed E-state index contributed by atoms with van der Waals surface area (Å²) in [6.07, 6.45) is 10.3. The van der Waals surface area contributed by atoms with Crippen molar-refractivity contribution in [3.05, 3.63) is 69.2 Å². The van der Waals surface area contributed by atoms with E-state index in [1.54, 1.807) is 33.7 Å². The number of thioether (sulfide) groups is 1. The topological polar surface area (TPSA) is 52.2 Å². The van der Waals surface area contributed by atoms with Crippen LogP contribution in [0, 0.1) is 6.92 Å². The lowest BCUT2D eigenvalue weighted by atomic mass is 9.97. The van der Waals surface area contributed by atoms with Crippen LogP contribution in [0.1, 0.15) is 34.5 Å². The molecule has 0 atom stereocenters. The van der Waals surface area contributed by atoms with Crippen LogP contribution in [0.15, 0.2) is 47.1 Å². The Kier molecular flexibility index (Phi) is 4.80. The zero-order valence-electron chi connectivity index (χ0n) is 16.4. The van der Waals surface area contributed by atoms with Crippen LogP contribution in [0.2, 0.25) is 0 Å². The fraction of sp³-hybridized carbons (Fsp3) is 0.318. The molecule has 0 aliphatic heterocycles. The van der Waals surface area contributed by atoms with Crippen LogP contribution in [0.4, 0.5) is 0 Å². The van der Waals surface area contributed by atoms with Crippen molar-refractivity contribution in [2.24, 2.45) is 0 Å². The van der Waals surface area contributed by atoms with Crippen molar-refractivity contribution in [2.45, 2.75) is 50.1 Å². The van der Waals surface area contributed by atoms with Crippen molar-refractivity contribution >= 4 is 39.0 Å². The molecule has 0 radical (unpaired) electrons. The molecule has 4 aromatic heterocycles. The van der Waals surface area contributed by atoms with Gasteiger partial charge in [-0.15, -0.1) is 17.9 Å². The molecule has 0 spiro atoms. The number of hydrogen-bond acceptors (Lipinski definition) is 5. The average Bonchev–Trinajstić information content (AvgIpc) is 3.30. The van der Waals surface area contributed by atoms with Crippen LogP contribution in [-0.2, 0) is 25.1 Å². The van der Waals surface area contributed by atoms with Gasteiger partial charge in [-0.2, -0.15) is 0 Å². The first-order valence-electron chi connectivity index (χ1n) is 9.87. The van der Waals surface area contributed by atoms with E-state index in [4.69, 9.17) is 9.97 Å². The third-order valence-corrected chi connectivity index (χ3v) is 7.62. The molecule has 1 aliphatic rings. The Bertz CT molecular complexity index is 1300. The highest BCUT2D eigenvalue weighted by Crippen LogP contribution is 2.35. The zero-order chi connectivity index (χ0) is 20.0. The summed E-state index contributed by atoms with van der Waals surface area (Å²) in [7, 11) is 0. The highest BCUT2D eigenvalue weighted by molar-refractivity contribution is 7.98. The quantitative estimate of drug-likeness (QED) is 0.264. The highest BCUT2D eigenvalue weighted by atomic mass is 32.2. The fourth-order valence-corrected chi connectivity index (χ4v) is 6.23. The van der Waals surface area contributed by atoms with E-state index in [1.807, 2.05) is 22.9 Å². The van der Waals surface area contributed by atoms with Gasteiger partial charge in [0.25, 0.3) is 5.56 Å². The molecular formula is C22H22N4OS2. The number of aromatic nitrogens is 4. The molecule has 5 nitrogen and oxygen atoms in total. The second-order valence-corrected chi connectivity index (χ2v) is 9.46. The predicted molar refractivity (Wildman–Crippen MR) is 120 cm³/mol. The Morgan fingerprint density at radius 1 is 1.31 bits per heavy atom. The van der Waals surface area contributed by atoms with Gasteiger partial charge in [0.05, 0.1) is 11.1 Å². The standard InChI is InChI=1S/C22H22N4OS2/c1-3-10-26-21(27)18-16-8-4-5-9-17(16)29-20(18)24-22(26)28-13-15-12-25-11-6-7-14(2)19(25)23-15/h3,6-7,11-12H,1,4-5,8-10,13H2,2H3. The molecule has 0 bridgehead atoms. The van der Waals surface area contributed by atoms with Gasteiger partial charge < -0.3 is 4.40 Å². The molecule has 29 heavy (non-hydrogen) atoms. The number of thiophene rings is 1. The van der Waals surface area contributed by atoms with Crippen LogP contribution in [0.5, 0.6) is 0 Å². The molecule has 4 aromatic rings. The molecule has 7 heteroatoms. The van der Waals surface area contributed by atoms with E-state index in [1.165, 1.54) is 16.9 Å². The predicted octanol–water partition coefficient (Wildman–Crippen LogP) is 4.77. The first kappa shape index (κ1) is 18.6. The maximum absolute atomic E-state index is 13.3. The molecule has 4 heterocycles. The second-order valence-electron chi connectivity index (χ2n) is 7.43. The maximum atomic E-state index is 13.3. The fourth-order valence-electron chi connectivity index (χ4n) is 4.03. The molecule has 0 unspecified atom stereocenters. The van der Waals surface area contributed by atoms with E-state index in [0.717, 1.165) is 51.5 Å². The number of imidazole rings is 1. The van der Waals surface area contributed by atoms with Gasteiger partial charge in [-0.1, -0.05) is 23.9 Å². The summed E-state index contributed by atoms with van der Waals surface area (Å²) < 4.78 is 3.81. The van der Waals surface area contributed by atoms with E-state index in [0.29, 0.717) is 12.3 Å². The first-order valence-corrected chi connectivity index (χ1v) is 11.7. The van der Waals surface area contributed by atoms with Gasteiger partial charge in [0.2, 0.25) is 0 Å². The van der Waals surface area contributed by atoms with Gasteiger partial charge in [-0.05, 0) is 49.8 Å². The Morgan fingerprint density at radius 2 is 2.17 bits per heavy atom. The van der Waals surface area contributed by atoms with E-state index in [9.17, 15) is 4.79 Å². The van der Waals surface area contributed by atoms with Gasteiger partial charge in [-0.3, -0.25) is 9.36 Å². The normalized spacial score (nSPS) is 13.8. The van der Waals surface area contributed by atoms with E-state index >= 15 is 0 Å². The Morgan fingerprint density at radius 3 is 3.00 bits per heavy atom. The van der Waals surface area contributed by atoms with Crippen LogP contribution in [0.3, 0.4) is 0 Å². The van der Waals surface area contributed by atoms with Crippen molar-refractivity contribution in [1.82, 2.24) is 18.9 Å². The molecule has 0 saturated heterocycles. The van der Waals surface area contributed by atoms with Crippen LogP contribution < -0.4 is 5.56 Å². The summed E-state index contributed by atoms with van der Waals surface area (Å²) in [6, 6.07) is 4.09. The van der Waals surface area contributed by atoms with Crippen LogP contribution >= 0.6 is 23.1 Å². The molecular weight excluding hydrogens is 400 g/mol. The Balaban J connectivity index is 1.54. The Hall–Kier alpha value is -2.38. The molecule has 0 fully saturated rings. The summed E-state index contributed by atoms with van der Waals surface area (Å²) >= 11 is 3.27. The van der Waals surface area contributed by atoms with Gasteiger partial charge >= 0.3 is 0 Å². The Labute approximate surface area is 177 Å². The third kappa shape index (κ3) is 3.22. The minimum atomic E-state index is 0.0719. The lowest BCUT2D eigenvalue weighted by molar-refractivity contribution is 0.668. The molecule has 1 aliphatic carbocycles. The zero-order valence-corrected chi connectivity index (χ0v) is 18.0. The van der Waals surface area contributed by atoms with Gasteiger partial charge in [0.15, 0.2) is 5.16 Å². The summed E-state index contributed by atoms with van der Waals surface area (Å²) in [5, 5.41) is 1.58. The number of aryl methyl sites for hydroxylation is 3. The van der Waals surface area contributed by atoms with Crippen molar-refractivity contribution in [3.63, 3.8) is 0 Å². The van der Waals surface area contributed by atoms with Crippen molar-refractivity contribution < 1.29 is 0 Å². The van der Waals surface area contributed by atoms with Gasteiger partial charge in [-0.25, -0.2) is 9.97 Å². The number of hydrogen-bond donors (Lipinski definition) is 0. The summed E-state index contributed by atoms with van der Waals surface area (Å²) in [5.74, 6) is 0.668. The van der Waals surface area contributed by atoms with Crippen LogP contribution in [0.25, 0.3) is 15.9 Å². The van der Waals surface area contributed by atoms with Crippen molar-refractivity contribution in [1.29, 1.82) is 0 Å². The lowest BCUT2D eigenvalue weighted by Gasteiger charge is -2.12. The number of rotatable bonds is 5. The second kappa shape index (κ2) is 7.46. The van der Waals surface area contributed by atoms with Gasteiger partial charge in [0.1, 0.15) is 10.5 Å². The van der Waals surface area contributed by atoms with Crippen molar-refractivity contribution in [3.8, 4) is 0 Å². The maximum Gasteiger partial charge on any atom is 0.263 e. The first-order chi connectivity index (χ1) is 14.2. The van der Waals surface area contributed by atoms with E-state index < -0.39 is 0 Å². The summed E-state index contributed by atoms with van der Waals surface area (Å²) in [5.41, 5.74) is 4.41. The largest absolute Gasteiger partial charge is 0.307 e. The van der Waals surface area contributed by atoms with Gasteiger partial charge in [0, 0.05) is 29.6 Å². The lowest BCUT2D eigenvalue weighted by Crippen LogP contribution is -2.23. The summed E-state index contributed by atoms with van der Waals surface area (Å²) in [6.45, 7) is 6.38. The summed E-state index contributed by atoms with van der Waals surface area (Å²) in [4.78, 5) is 25.2. The molecule has 0 aromatic carbocycles. The molecule has 0 amide bonds. The molecule has 0 saturated carbocycles. The molecule has 0 N–H and O–H groups in total. The van der Waals surface area contributed by atoms with E-state index in [-0.39, 0.29) is 5.56 Å². The smallest absolute Gasteiger partial charge is 0.263 e. The SMILES string of the molecule is C=CCn1c(SCc2cn3cccc(C)c3n2)nc2sc3c(c2c1=O)CCCC3. The minimum Gasteiger partial charge on any atom is -0.307 e. The van der Waals surface area contributed by atoms with Crippen LogP contribution in [-0.4, -0.2) is 18.9 Å². The van der Waals surface area contributed by atoms with Crippen molar-refractivity contribution in [2.75, 3.05) is 0 Å². The minimum absolute atomic E-state index is 0.0719. The monoisotopic (exact) mass is 422 g/mol. The number of pyridine rings is 1.